The lowest BCUT2D eigenvalue weighted by molar-refractivity contribution is 0.935. The molecule has 2 aliphatic carbocycles. The van der Waals surface area contributed by atoms with Gasteiger partial charge in [0.15, 0.2) is 0 Å². The molecule has 2 aromatic rings. The number of fused-ring (bicyclic) bond motifs is 2. The Balaban J connectivity index is 1.65. The van der Waals surface area contributed by atoms with Crippen molar-refractivity contribution in [1.82, 2.24) is 0 Å². The van der Waals surface area contributed by atoms with Crippen molar-refractivity contribution in [3.8, 4) is 0 Å². The molecule has 0 nitrogen and oxygen atoms in total. The first-order valence-electron chi connectivity index (χ1n) is 8.94. The van der Waals surface area contributed by atoms with E-state index in [1.165, 1.54) is 30.5 Å². The van der Waals surface area contributed by atoms with Crippen molar-refractivity contribution < 1.29 is 0 Å². The van der Waals surface area contributed by atoms with E-state index in [2.05, 4.69) is 66.8 Å². The van der Waals surface area contributed by atoms with Crippen LogP contribution in [0.25, 0.3) is 11.3 Å². The molecule has 1 saturated heterocycles. The number of allylic oxidation sites excluding steroid dienone is 2. The lowest BCUT2D eigenvalue weighted by Crippen LogP contribution is -2.39. The molecule has 1 atom stereocenters. The molecule has 3 aliphatic rings. The van der Waals surface area contributed by atoms with E-state index in [0.717, 1.165) is 6.42 Å². The van der Waals surface area contributed by atoms with E-state index in [4.69, 9.17) is 0 Å². The summed E-state index contributed by atoms with van der Waals surface area (Å²) in [5.41, 5.74) is 6.89. The van der Waals surface area contributed by atoms with Gasteiger partial charge in [0, 0.05) is 5.54 Å². The summed E-state index contributed by atoms with van der Waals surface area (Å²) < 4.78 is 0. The predicted octanol–water partition coefficient (Wildman–Crippen LogP) is 5.76. The molecular formula is C22H22Si. The van der Waals surface area contributed by atoms with Crippen LogP contribution < -0.4 is 0 Å². The van der Waals surface area contributed by atoms with Crippen LogP contribution in [-0.4, -0.2) is 8.07 Å². The van der Waals surface area contributed by atoms with Gasteiger partial charge in [-0.05, 0) is 28.7 Å². The summed E-state index contributed by atoms with van der Waals surface area (Å²) in [6.45, 7) is 0. The third kappa shape index (κ3) is 1.89. The van der Waals surface area contributed by atoms with Gasteiger partial charge in [-0.25, -0.2) is 0 Å². The van der Waals surface area contributed by atoms with Crippen LogP contribution in [0.15, 0.2) is 60.7 Å². The zero-order valence-corrected chi connectivity index (χ0v) is 14.5. The minimum Gasteiger partial charge on any atom is -0.0802 e. The molecule has 2 aromatic carbocycles. The van der Waals surface area contributed by atoms with E-state index in [9.17, 15) is 0 Å². The lowest BCUT2D eigenvalue weighted by atomic mass is 10.1. The van der Waals surface area contributed by atoms with Crippen LogP contribution in [0.2, 0.25) is 12.1 Å². The van der Waals surface area contributed by atoms with Gasteiger partial charge in [0.2, 0.25) is 0 Å². The average molecular weight is 315 g/mol. The first-order chi connectivity index (χ1) is 11.4. The molecular weight excluding hydrogens is 292 g/mol. The maximum absolute atomic E-state index is 2.59. The first-order valence-corrected chi connectivity index (χ1v) is 11.4. The number of hydrogen-bond acceptors (Lipinski definition) is 0. The van der Waals surface area contributed by atoms with Crippen molar-refractivity contribution in [3.63, 3.8) is 0 Å². The topological polar surface area (TPSA) is 0 Å². The number of hydrogen-bond donors (Lipinski definition) is 0. The van der Waals surface area contributed by atoms with Crippen LogP contribution in [0.4, 0.5) is 0 Å². The fourth-order valence-corrected chi connectivity index (χ4v) is 11.4. The summed E-state index contributed by atoms with van der Waals surface area (Å²) in [5.74, 6) is 0. The summed E-state index contributed by atoms with van der Waals surface area (Å²) in [5, 5.41) is 1.77. The minimum atomic E-state index is -1.49. The molecule has 1 unspecified atom stereocenters. The Morgan fingerprint density at radius 3 is 2.57 bits per heavy atom. The second-order valence-corrected chi connectivity index (χ2v) is 11.8. The van der Waals surface area contributed by atoms with E-state index in [-0.39, 0.29) is 0 Å². The lowest BCUT2D eigenvalue weighted by Gasteiger charge is -2.35. The molecule has 5 rings (SSSR count). The summed E-state index contributed by atoms with van der Waals surface area (Å²) in [7, 11) is -1.49. The molecule has 114 valence electrons. The Morgan fingerprint density at radius 1 is 0.870 bits per heavy atom. The Hall–Kier alpha value is -1.86. The highest BCUT2D eigenvalue weighted by molar-refractivity contribution is 6.98. The van der Waals surface area contributed by atoms with Gasteiger partial charge < -0.3 is 0 Å². The summed E-state index contributed by atoms with van der Waals surface area (Å²) in [6, 6.07) is 21.2. The number of rotatable bonds is 2. The average Bonchev–Trinajstić information content (AvgIpc) is 3.32. The van der Waals surface area contributed by atoms with Gasteiger partial charge >= 0.3 is 0 Å². The quantitative estimate of drug-likeness (QED) is 0.618. The maximum atomic E-state index is 2.59. The highest BCUT2D eigenvalue weighted by Crippen LogP contribution is 2.53. The third-order valence-corrected chi connectivity index (χ3v) is 12.0. The first kappa shape index (κ1) is 13.6. The molecule has 0 N–H and O–H groups in total. The van der Waals surface area contributed by atoms with Crippen LogP contribution in [0.5, 0.6) is 0 Å². The molecule has 0 spiro atoms. The van der Waals surface area contributed by atoms with E-state index in [1.54, 1.807) is 21.9 Å². The van der Waals surface area contributed by atoms with Crippen LogP contribution >= 0.6 is 0 Å². The minimum absolute atomic E-state index is 0.693. The van der Waals surface area contributed by atoms with Gasteiger partial charge in [0.1, 0.15) is 0 Å². The molecule has 0 saturated carbocycles. The van der Waals surface area contributed by atoms with Crippen LogP contribution in [-0.2, 0) is 6.42 Å². The highest BCUT2D eigenvalue weighted by Gasteiger charge is 2.48. The summed E-state index contributed by atoms with van der Waals surface area (Å²) >= 11 is 0. The Morgan fingerprint density at radius 2 is 1.65 bits per heavy atom. The smallest absolute Gasteiger partial charge is 0.0802 e. The largest absolute Gasteiger partial charge is 0.0983 e. The van der Waals surface area contributed by atoms with Crippen molar-refractivity contribution in [1.29, 1.82) is 0 Å². The fraction of sp³-hybridized carbons (Fsp3) is 0.273. The Labute approximate surface area is 139 Å². The maximum Gasteiger partial charge on any atom is 0.0983 e. The molecule has 1 fully saturated rings. The van der Waals surface area contributed by atoms with Crippen molar-refractivity contribution >= 4 is 19.3 Å². The summed E-state index contributed by atoms with van der Waals surface area (Å²) in [6.07, 6.45) is 11.5. The standard InChI is InChI=1S/C22H22Si/c1-3-9-19-17(7-1)11-13-21(19)23(15-5-6-16-23)22-14-12-18-8-2-4-10-20(18)22/h1-4,7-11,13-14,21H,5-6,12,15-16H2. The molecule has 0 aromatic heterocycles. The van der Waals surface area contributed by atoms with Crippen molar-refractivity contribution in [2.75, 3.05) is 0 Å². The van der Waals surface area contributed by atoms with Crippen molar-refractivity contribution in [2.45, 2.75) is 36.9 Å². The second kappa shape index (κ2) is 5.07. The van der Waals surface area contributed by atoms with Gasteiger partial charge in [-0.2, -0.15) is 0 Å². The van der Waals surface area contributed by atoms with E-state index in [0.29, 0.717) is 5.54 Å². The Kier molecular flexibility index (Phi) is 2.99. The molecule has 1 heteroatoms. The second-order valence-electron chi connectivity index (χ2n) is 7.31. The summed E-state index contributed by atoms with van der Waals surface area (Å²) in [4.78, 5) is 0. The SMILES string of the molecule is C1=CC([Si]2(C3=CCc4ccccc43)CCCC2)c2ccccc21. The van der Waals surface area contributed by atoms with Crippen LogP contribution in [0.1, 0.15) is 40.6 Å². The normalized spacial score (nSPS) is 23.7. The van der Waals surface area contributed by atoms with Gasteiger partial charge in [-0.15, -0.1) is 0 Å². The monoisotopic (exact) mass is 314 g/mol. The predicted molar refractivity (Wildman–Crippen MR) is 101 cm³/mol. The van der Waals surface area contributed by atoms with Crippen molar-refractivity contribution in [3.05, 3.63) is 82.9 Å². The molecule has 0 radical (unpaired) electrons. The van der Waals surface area contributed by atoms with Crippen LogP contribution in [0, 0.1) is 0 Å². The molecule has 1 aliphatic heterocycles. The molecule has 1 heterocycles. The highest BCUT2D eigenvalue weighted by atomic mass is 28.3. The van der Waals surface area contributed by atoms with E-state index >= 15 is 0 Å². The van der Waals surface area contributed by atoms with E-state index in [1.807, 2.05) is 0 Å². The van der Waals surface area contributed by atoms with Gasteiger partial charge in [0.25, 0.3) is 0 Å². The van der Waals surface area contributed by atoms with Crippen molar-refractivity contribution in [2.24, 2.45) is 0 Å². The third-order valence-electron chi connectivity index (χ3n) is 6.26. The van der Waals surface area contributed by atoms with Gasteiger partial charge in [-0.1, -0.05) is 96.9 Å². The zero-order chi connectivity index (χ0) is 15.3. The Bertz CT molecular complexity index is 821. The van der Waals surface area contributed by atoms with E-state index < -0.39 is 8.07 Å². The molecule has 0 bridgehead atoms. The number of benzene rings is 2. The van der Waals surface area contributed by atoms with Crippen LogP contribution in [0.3, 0.4) is 0 Å². The van der Waals surface area contributed by atoms with Gasteiger partial charge in [-0.3, -0.25) is 0 Å². The zero-order valence-electron chi connectivity index (χ0n) is 13.5. The molecule has 23 heavy (non-hydrogen) atoms. The van der Waals surface area contributed by atoms with Gasteiger partial charge in [0.05, 0.1) is 8.07 Å². The molecule has 0 amide bonds. The fourth-order valence-electron chi connectivity index (χ4n) is 5.24.